The fourth-order valence-corrected chi connectivity index (χ4v) is 1.10. The first-order chi connectivity index (χ1) is 6.63. The molecule has 14 heavy (non-hydrogen) atoms. The lowest BCUT2D eigenvalue weighted by atomic mass is 10.1. The van der Waals surface area contributed by atoms with Crippen LogP contribution in [-0.4, -0.2) is 11.1 Å². The highest BCUT2D eigenvalue weighted by molar-refractivity contribution is 5.66. The Kier molecular flexibility index (Phi) is 7.90. The minimum absolute atomic E-state index is 0.291. The molecule has 0 radical (unpaired) electrons. The second-order valence-electron chi connectivity index (χ2n) is 3.61. The highest BCUT2D eigenvalue weighted by Crippen LogP contribution is 2.04. The molecular formula is C12H20O2. The minimum atomic E-state index is -0.698. The summed E-state index contributed by atoms with van der Waals surface area (Å²) in [5.74, 6) is -0.698. The van der Waals surface area contributed by atoms with Gasteiger partial charge in [0.25, 0.3) is 0 Å². The number of allylic oxidation sites excluding steroid dienone is 3. The largest absolute Gasteiger partial charge is 0.481 e. The van der Waals surface area contributed by atoms with Crippen LogP contribution in [0.25, 0.3) is 0 Å². The second-order valence-corrected chi connectivity index (χ2v) is 3.61. The molecule has 0 aromatic rings. The third-order valence-electron chi connectivity index (χ3n) is 1.92. The maximum atomic E-state index is 10.2. The van der Waals surface area contributed by atoms with E-state index < -0.39 is 5.97 Å². The highest BCUT2D eigenvalue weighted by Gasteiger charge is 1.94. The normalized spacial score (nSPS) is 10.6. The van der Waals surface area contributed by atoms with Gasteiger partial charge in [-0.2, -0.15) is 0 Å². The maximum Gasteiger partial charge on any atom is 0.303 e. The first-order valence-electron chi connectivity index (χ1n) is 5.14. The van der Waals surface area contributed by atoms with Crippen LogP contribution in [0.5, 0.6) is 0 Å². The van der Waals surface area contributed by atoms with Gasteiger partial charge in [0.15, 0.2) is 0 Å². The molecule has 0 bridgehead atoms. The Bertz CT molecular complexity index is 204. The molecule has 2 heteroatoms. The standard InChI is InChI=1S/C12H20O2/c1-11(2)9-7-5-3-4-6-8-10-12(13)14/h3,5H,1,4,6-10H2,2H3,(H,13,14). The summed E-state index contributed by atoms with van der Waals surface area (Å²) >= 11 is 0. The van der Waals surface area contributed by atoms with E-state index >= 15 is 0 Å². The molecule has 0 spiro atoms. The van der Waals surface area contributed by atoms with Crippen LogP contribution in [-0.2, 0) is 4.79 Å². The van der Waals surface area contributed by atoms with Crippen molar-refractivity contribution in [2.75, 3.05) is 0 Å². The van der Waals surface area contributed by atoms with Gasteiger partial charge in [-0.3, -0.25) is 4.79 Å². The zero-order valence-electron chi connectivity index (χ0n) is 8.96. The van der Waals surface area contributed by atoms with Crippen molar-refractivity contribution in [1.82, 2.24) is 0 Å². The summed E-state index contributed by atoms with van der Waals surface area (Å²) in [7, 11) is 0. The lowest BCUT2D eigenvalue weighted by Gasteiger charge is -1.94. The third-order valence-corrected chi connectivity index (χ3v) is 1.92. The molecule has 0 aliphatic heterocycles. The summed E-state index contributed by atoms with van der Waals surface area (Å²) in [6, 6.07) is 0. The Morgan fingerprint density at radius 1 is 1.21 bits per heavy atom. The van der Waals surface area contributed by atoms with Crippen LogP contribution < -0.4 is 0 Å². The van der Waals surface area contributed by atoms with E-state index in [4.69, 9.17) is 5.11 Å². The summed E-state index contributed by atoms with van der Waals surface area (Å²) in [5, 5.41) is 8.39. The van der Waals surface area contributed by atoms with E-state index in [1.165, 1.54) is 5.57 Å². The zero-order valence-corrected chi connectivity index (χ0v) is 8.96. The average Bonchev–Trinajstić information content (AvgIpc) is 2.08. The number of carbonyl (C=O) groups is 1. The predicted octanol–water partition coefficient (Wildman–Crippen LogP) is 3.54. The van der Waals surface area contributed by atoms with E-state index in [2.05, 4.69) is 18.7 Å². The Morgan fingerprint density at radius 3 is 2.43 bits per heavy atom. The molecule has 0 aliphatic rings. The minimum Gasteiger partial charge on any atom is -0.481 e. The molecule has 80 valence electrons. The first kappa shape index (κ1) is 12.9. The van der Waals surface area contributed by atoms with E-state index in [0.29, 0.717) is 6.42 Å². The van der Waals surface area contributed by atoms with Crippen molar-refractivity contribution in [3.8, 4) is 0 Å². The molecule has 0 heterocycles. The van der Waals surface area contributed by atoms with E-state index in [0.717, 1.165) is 32.1 Å². The lowest BCUT2D eigenvalue weighted by molar-refractivity contribution is -0.137. The smallest absolute Gasteiger partial charge is 0.303 e. The fraction of sp³-hybridized carbons (Fsp3) is 0.583. The van der Waals surface area contributed by atoms with Gasteiger partial charge in [-0.25, -0.2) is 0 Å². The van der Waals surface area contributed by atoms with E-state index in [9.17, 15) is 4.79 Å². The fourth-order valence-electron chi connectivity index (χ4n) is 1.10. The van der Waals surface area contributed by atoms with Crippen LogP contribution in [0.15, 0.2) is 24.3 Å². The van der Waals surface area contributed by atoms with Crippen LogP contribution >= 0.6 is 0 Å². The molecule has 0 unspecified atom stereocenters. The molecule has 0 fully saturated rings. The molecule has 0 aliphatic carbocycles. The van der Waals surface area contributed by atoms with Crippen molar-refractivity contribution in [1.29, 1.82) is 0 Å². The number of carboxylic acids is 1. The molecular weight excluding hydrogens is 176 g/mol. The summed E-state index contributed by atoms with van der Waals surface area (Å²) in [6.07, 6.45) is 9.40. The molecule has 0 aromatic carbocycles. The van der Waals surface area contributed by atoms with Crippen molar-refractivity contribution in [2.45, 2.75) is 45.4 Å². The Balaban J connectivity index is 3.19. The van der Waals surface area contributed by atoms with Crippen molar-refractivity contribution in [3.63, 3.8) is 0 Å². The summed E-state index contributed by atoms with van der Waals surface area (Å²) in [4.78, 5) is 10.2. The van der Waals surface area contributed by atoms with Gasteiger partial charge in [-0.1, -0.05) is 17.7 Å². The van der Waals surface area contributed by atoms with Crippen molar-refractivity contribution in [3.05, 3.63) is 24.3 Å². The van der Waals surface area contributed by atoms with Gasteiger partial charge in [0.05, 0.1) is 0 Å². The number of unbranched alkanes of at least 4 members (excludes halogenated alkanes) is 2. The number of hydrogen-bond acceptors (Lipinski definition) is 1. The second kappa shape index (κ2) is 8.54. The van der Waals surface area contributed by atoms with Gasteiger partial charge in [-0.15, -0.1) is 6.58 Å². The van der Waals surface area contributed by atoms with Crippen molar-refractivity contribution >= 4 is 5.97 Å². The van der Waals surface area contributed by atoms with Crippen molar-refractivity contribution < 1.29 is 9.90 Å². The van der Waals surface area contributed by atoms with E-state index in [-0.39, 0.29) is 0 Å². The first-order valence-corrected chi connectivity index (χ1v) is 5.14. The van der Waals surface area contributed by atoms with Crippen LogP contribution in [0.4, 0.5) is 0 Å². The molecule has 0 amide bonds. The van der Waals surface area contributed by atoms with E-state index in [1.807, 2.05) is 6.92 Å². The van der Waals surface area contributed by atoms with Crippen LogP contribution in [0, 0.1) is 0 Å². The lowest BCUT2D eigenvalue weighted by Crippen LogP contribution is -1.92. The third kappa shape index (κ3) is 11.0. The van der Waals surface area contributed by atoms with Gasteiger partial charge >= 0.3 is 5.97 Å². The highest BCUT2D eigenvalue weighted by atomic mass is 16.4. The number of carboxylic acid groups (broad SMARTS) is 1. The van der Waals surface area contributed by atoms with Crippen molar-refractivity contribution in [2.24, 2.45) is 0 Å². The quantitative estimate of drug-likeness (QED) is 0.476. The Labute approximate surface area is 86.3 Å². The van der Waals surface area contributed by atoms with Crippen LogP contribution in [0.2, 0.25) is 0 Å². The topological polar surface area (TPSA) is 37.3 Å². The number of aliphatic carboxylic acids is 1. The van der Waals surface area contributed by atoms with Gasteiger partial charge in [0.2, 0.25) is 0 Å². The summed E-state index contributed by atoms with van der Waals surface area (Å²) in [6.45, 7) is 5.85. The molecule has 0 atom stereocenters. The molecule has 0 rings (SSSR count). The zero-order chi connectivity index (χ0) is 10.8. The summed E-state index contributed by atoms with van der Waals surface area (Å²) in [5.41, 5.74) is 1.21. The summed E-state index contributed by atoms with van der Waals surface area (Å²) < 4.78 is 0. The maximum absolute atomic E-state index is 10.2. The van der Waals surface area contributed by atoms with Gasteiger partial charge in [0, 0.05) is 6.42 Å². The SMILES string of the molecule is C=C(C)CCC=CCCCCC(=O)O. The number of rotatable bonds is 8. The predicted molar refractivity (Wildman–Crippen MR) is 59.3 cm³/mol. The number of hydrogen-bond donors (Lipinski definition) is 1. The molecule has 0 aromatic heterocycles. The van der Waals surface area contributed by atoms with Crippen LogP contribution in [0.3, 0.4) is 0 Å². The molecule has 1 N–H and O–H groups in total. The monoisotopic (exact) mass is 196 g/mol. The molecule has 0 saturated carbocycles. The Hall–Kier alpha value is -1.05. The van der Waals surface area contributed by atoms with E-state index in [1.54, 1.807) is 0 Å². The van der Waals surface area contributed by atoms with Gasteiger partial charge in [-0.05, 0) is 39.0 Å². The van der Waals surface area contributed by atoms with Gasteiger partial charge < -0.3 is 5.11 Å². The molecule has 2 nitrogen and oxygen atoms in total. The Morgan fingerprint density at radius 2 is 1.86 bits per heavy atom. The van der Waals surface area contributed by atoms with Crippen LogP contribution in [0.1, 0.15) is 45.4 Å². The van der Waals surface area contributed by atoms with Gasteiger partial charge in [0.1, 0.15) is 0 Å². The average molecular weight is 196 g/mol. The molecule has 0 saturated heterocycles.